The molecule has 0 saturated carbocycles. The van der Waals surface area contributed by atoms with E-state index in [-0.39, 0.29) is 6.10 Å². The van der Waals surface area contributed by atoms with Gasteiger partial charge in [0.2, 0.25) is 0 Å². The zero-order chi connectivity index (χ0) is 16.4. The third-order valence-corrected chi connectivity index (χ3v) is 4.01. The summed E-state index contributed by atoms with van der Waals surface area (Å²) in [5.41, 5.74) is 4.80. The van der Waals surface area contributed by atoms with Gasteiger partial charge in [-0.15, -0.1) is 0 Å². The molecule has 0 radical (unpaired) electrons. The number of fused-ring (bicyclic) bond motifs is 1. The van der Waals surface area contributed by atoms with E-state index in [1.807, 2.05) is 7.05 Å². The van der Waals surface area contributed by atoms with Crippen LogP contribution in [0.5, 0.6) is 5.75 Å². The molecule has 1 heterocycles. The molecular formula is C20H24N2O. The second-order valence-electron chi connectivity index (χ2n) is 5.99. The van der Waals surface area contributed by atoms with E-state index in [0.717, 1.165) is 18.0 Å². The van der Waals surface area contributed by atoms with Gasteiger partial charge >= 0.3 is 0 Å². The van der Waals surface area contributed by atoms with Crippen LogP contribution in [0.2, 0.25) is 0 Å². The summed E-state index contributed by atoms with van der Waals surface area (Å²) < 4.78 is 8.19. The second kappa shape index (κ2) is 6.37. The maximum absolute atomic E-state index is 5.85. The largest absolute Gasteiger partial charge is 0.491 e. The van der Waals surface area contributed by atoms with Crippen molar-refractivity contribution in [1.82, 2.24) is 4.57 Å². The minimum atomic E-state index is 0.185. The number of ether oxygens (including phenoxy) is 1. The monoisotopic (exact) mass is 308 g/mol. The number of anilines is 1. The number of aromatic nitrogens is 1. The van der Waals surface area contributed by atoms with Gasteiger partial charge in [0.05, 0.1) is 11.6 Å². The minimum absolute atomic E-state index is 0.185. The van der Waals surface area contributed by atoms with Crippen molar-refractivity contribution < 1.29 is 4.74 Å². The van der Waals surface area contributed by atoms with Gasteiger partial charge < -0.3 is 14.6 Å². The number of hydrogen-bond donors (Lipinski definition) is 1. The Balaban J connectivity index is 2.13. The number of nitrogens with zero attached hydrogens (tertiary/aromatic N) is 1. The molecule has 0 unspecified atom stereocenters. The van der Waals surface area contributed by atoms with E-state index in [1.165, 1.54) is 22.2 Å². The first-order valence-electron chi connectivity index (χ1n) is 8.20. The molecule has 1 N–H and O–H groups in total. The summed E-state index contributed by atoms with van der Waals surface area (Å²) in [7, 11) is 1.95. The van der Waals surface area contributed by atoms with Gasteiger partial charge in [0, 0.05) is 42.0 Å². The molecule has 0 spiro atoms. The molecule has 0 saturated heterocycles. The van der Waals surface area contributed by atoms with Gasteiger partial charge in [-0.25, -0.2) is 0 Å². The predicted molar refractivity (Wildman–Crippen MR) is 98.4 cm³/mol. The highest BCUT2D eigenvalue weighted by Crippen LogP contribution is 2.32. The van der Waals surface area contributed by atoms with Crippen LogP contribution in [0.25, 0.3) is 22.2 Å². The fraction of sp³-hybridized carbons (Fsp3) is 0.300. The van der Waals surface area contributed by atoms with Crippen molar-refractivity contribution >= 4 is 16.6 Å². The first-order chi connectivity index (χ1) is 11.1. The van der Waals surface area contributed by atoms with E-state index in [0.29, 0.717) is 0 Å². The number of aryl methyl sites for hydroxylation is 1. The first-order valence-corrected chi connectivity index (χ1v) is 8.20. The lowest BCUT2D eigenvalue weighted by Crippen LogP contribution is -2.05. The van der Waals surface area contributed by atoms with Crippen LogP contribution in [0.15, 0.2) is 48.5 Å². The molecule has 0 amide bonds. The smallest absolute Gasteiger partial charge is 0.121 e. The molecule has 1 aromatic heterocycles. The van der Waals surface area contributed by atoms with Crippen LogP contribution in [-0.4, -0.2) is 17.7 Å². The van der Waals surface area contributed by atoms with Crippen LogP contribution >= 0.6 is 0 Å². The molecule has 2 aromatic carbocycles. The van der Waals surface area contributed by atoms with E-state index in [9.17, 15) is 0 Å². The van der Waals surface area contributed by atoms with Crippen LogP contribution in [0.4, 0.5) is 5.69 Å². The SMILES string of the molecule is CCn1c(-c2cccc(NC)c2)cc2ccc(OC(C)C)cc21. The Labute approximate surface area is 137 Å². The highest BCUT2D eigenvalue weighted by atomic mass is 16.5. The third-order valence-electron chi connectivity index (χ3n) is 4.01. The molecular weight excluding hydrogens is 284 g/mol. The molecule has 3 aromatic rings. The summed E-state index contributed by atoms with van der Waals surface area (Å²) in [5, 5.41) is 4.45. The maximum atomic E-state index is 5.85. The Kier molecular flexibility index (Phi) is 4.28. The molecule has 0 bridgehead atoms. The lowest BCUT2D eigenvalue weighted by atomic mass is 10.1. The fourth-order valence-corrected chi connectivity index (χ4v) is 2.99. The molecule has 0 aliphatic rings. The summed E-state index contributed by atoms with van der Waals surface area (Å²) >= 11 is 0. The predicted octanol–water partition coefficient (Wildman–Crippen LogP) is 5.16. The number of benzene rings is 2. The molecule has 3 heteroatoms. The Morgan fingerprint density at radius 3 is 2.61 bits per heavy atom. The zero-order valence-corrected chi connectivity index (χ0v) is 14.3. The molecule has 3 rings (SSSR count). The van der Waals surface area contributed by atoms with Gasteiger partial charge in [0.15, 0.2) is 0 Å². The zero-order valence-electron chi connectivity index (χ0n) is 14.3. The Hall–Kier alpha value is -2.42. The summed E-state index contributed by atoms with van der Waals surface area (Å²) in [6.07, 6.45) is 0.185. The fourth-order valence-electron chi connectivity index (χ4n) is 2.99. The van der Waals surface area contributed by atoms with Crippen molar-refractivity contribution in [3.63, 3.8) is 0 Å². The van der Waals surface area contributed by atoms with E-state index in [1.54, 1.807) is 0 Å². The van der Waals surface area contributed by atoms with Crippen LogP contribution in [0.1, 0.15) is 20.8 Å². The van der Waals surface area contributed by atoms with Crippen molar-refractivity contribution in [2.24, 2.45) is 0 Å². The summed E-state index contributed by atoms with van der Waals surface area (Å²) in [6.45, 7) is 7.21. The van der Waals surface area contributed by atoms with Gasteiger partial charge in [-0.05, 0) is 51.1 Å². The van der Waals surface area contributed by atoms with Gasteiger partial charge in [-0.3, -0.25) is 0 Å². The molecule has 120 valence electrons. The minimum Gasteiger partial charge on any atom is -0.491 e. The Morgan fingerprint density at radius 1 is 1.09 bits per heavy atom. The molecule has 0 aliphatic heterocycles. The third kappa shape index (κ3) is 3.04. The summed E-state index contributed by atoms with van der Waals surface area (Å²) in [4.78, 5) is 0. The standard InChI is InChI=1S/C20H24N2O/c1-5-22-19(15-7-6-8-17(11-15)21-4)12-16-9-10-18(13-20(16)22)23-14(2)3/h6-14,21H,5H2,1-4H3. The highest BCUT2D eigenvalue weighted by Gasteiger charge is 2.11. The normalized spacial score (nSPS) is 11.2. The Bertz CT molecular complexity index is 818. The number of hydrogen-bond acceptors (Lipinski definition) is 2. The van der Waals surface area contributed by atoms with Crippen LogP contribution in [0.3, 0.4) is 0 Å². The van der Waals surface area contributed by atoms with E-state index in [2.05, 4.69) is 79.2 Å². The van der Waals surface area contributed by atoms with Crippen molar-refractivity contribution in [1.29, 1.82) is 0 Å². The molecule has 3 nitrogen and oxygen atoms in total. The van der Waals surface area contributed by atoms with Gasteiger partial charge in [-0.2, -0.15) is 0 Å². The quantitative estimate of drug-likeness (QED) is 0.705. The van der Waals surface area contributed by atoms with Crippen molar-refractivity contribution in [2.45, 2.75) is 33.4 Å². The average molecular weight is 308 g/mol. The van der Waals surface area contributed by atoms with Gasteiger partial charge in [0.25, 0.3) is 0 Å². The lowest BCUT2D eigenvalue weighted by molar-refractivity contribution is 0.242. The van der Waals surface area contributed by atoms with Crippen molar-refractivity contribution in [3.8, 4) is 17.0 Å². The second-order valence-corrected chi connectivity index (χ2v) is 5.99. The van der Waals surface area contributed by atoms with Crippen molar-refractivity contribution in [3.05, 3.63) is 48.5 Å². The Morgan fingerprint density at radius 2 is 1.91 bits per heavy atom. The number of rotatable bonds is 5. The maximum Gasteiger partial charge on any atom is 0.121 e. The van der Waals surface area contributed by atoms with Gasteiger partial charge in [0.1, 0.15) is 5.75 Å². The van der Waals surface area contributed by atoms with Crippen molar-refractivity contribution in [2.75, 3.05) is 12.4 Å². The summed E-state index contributed by atoms with van der Waals surface area (Å²) in [6, 6.07) is 17.1. The lowest BCUT2D eigenvalue weighted by Gasteiger charge is -2.12. The molecule has 0 aliphatic carbocycles. The molecule has 0 fully saturated rings. The van der Waals surface area contributed by atoms with E-state index in [4.69, 9.17) is 4.74 Å². The average Bonchev–Trinajstić information content (AvgIpc) is 2.92. The first kappa shape index (κ1) is 15.5. The highest BCUT2D eigenvalue weighted by molar-refractivity contribution is 5.88. The van der Waals surface area contributed by atoms with Crippen LogP contribution in [-0.2, 0) is 6.54 Å². The molecule has 23 heavy (non-hydrogen) atoms. The summed E-state index contributed by atoms with van der Waals surface area (Å²) in [5.74, 6) is 0.927. The molecule has 0 atom stereocenters. The van der Waals surface area contributed by atoms with Gasteiger partial charge in [-0.1, -0.05) is 12.1 Å². The van der Waals surface area contributed by atoms with E-state index >= 15 is 0 Å². The van der Waals surface area contributed by atoms with E-state index < -0.39 is 0 Å². The topological polar surface area (TPSA) is 26.2 Å². The van der Waals surface area contributed by atoms with Crippen LogP contribution < -0.4 is 10.1 Å². The number of nitrogens with one attached hydrogen (secondary N) is 1. The van der Waals surface area contributed by atoms with Crippen LogP contribution in [0, 0.1) is 0 Å².